The maximum atomic E-state index is 9.42. The number of hydrogen-bond donors (Lipinski definition) is 1. The Labute approximate surface area is 185 Å². The van der Waals surface area contributed by atoms with E-state index in [2.05, 4.69) is 74.2 Å². The molecule has 0 amide bonds. The molecule has 0 spiro atoms. The molecule has 0 fully saturated rings. The summed E-state index contributed by atoms with van der Waals surface area (Å²) in [6, 6.07) is 8.68. The summed E-state index contributed by atoms with van der Waals surface area (Å²) in [5, 5.41) is 12.0. The molecule has 4 nitrogen and oxygen atoms in total. The first-order valence-corrected chi connectivity index (χ1v) is 10.6. The zero-order chi connectivity index (χ0) is 20.3. The summed E-state index contributed by atoms with van der Waals surface area (Å²) in [5.41, 5.74) is 3.71. The number of aliphatic hydroxyl groups excluding tert-OH is 1. The molecule has 2 heterocycles. The van der Waals surface area contributed by atoms with Crippen LogP contribution in [0.15, 0.2) is 30.5 Å². The van der Waals surface area contributed by atoms with E-state index in [0.717, 1.165) is 31.7 Å². The van der Waals surface area contributed by atoms with E-state index < -0.39 is 0 Å². The minimum absolute atomic E-state index is 0. The highest BCUT2D eigenvalue weighted by Crippen LogP contribution is 2.33. The van der Waals surface area contributed by atoms with Crippen molar-refractivity contribution >= 4 is 21.8 Å². The van der Waals surface area contributed by atoms with Crippen molar-refractivity contribution in [2.24, 2.45) is 11.8 Å². The van der Waals surface area contributed by atoms with Gasteiger partial charge in [0.25, 0.3) is 0 Å². The molecule has 0 radical (unpaired) electrons. The summed E-state index contributed by atoms with van der Waals surface area (Å²) in [7, 11) is 0. The molecule has 0 atom stereocenters. The van der Waals surface area contributed by atoms with Crippen LogP contribution in [0, 0.1) is 18.8 Å². The monoisotopic (exact) mass is 462 g/mol. The summed E-state index contributed by atoms with van der Waals surface area (Å²) in [5.74, 6) is 2.24. The average molecular weight is 463 g/mol. The second-order valence-corrected chi connectivity index (χ2v) is 8.62. The first-order chi connectivity index (χ1) is 13.4. The minimum Gasteiger partial charge on any atom is -1.00 e. The van der Waals surface area contributed by atoms with Crippen LogP contribution in [0.4, 0.5) is 0 Å². The van der Waals surface area contributed by atoms with Crippen molar-refractivity contribution in [2.45, 2.75) is 60.5 Å². The number of hydrogen-bond acceptors (Lipinski definition) is 2. The Bertz CT molecular complexity index is 947. The first kappa shape index (κ1) is 23.7. The number of rotatable bonds is 9. The van der Waals surface area contributed by atoms with Crippen LogP contribution in [0.5, 0.6) is 5.75 Å². The second-order valence-electron chi connectivity index (χ2n) is 8.62. The highest BCUT2D eigenvalue weighted by atomic mass is 79.9. The van der Waals surface area contributed by atoms with Crippen molar-refractivity contribution in [3.8, 4) is 5.75 Å². The largest absolute Gasteiger partial charge is 1.00 e. The molecule has 3 rings (SSSR count). The lowest BCUT2D eigenvalue weighted by Gasteiger charge is -2.12. The van der Waals surface area contributed by atoms with E-state index in [1.54, 1.807) is 0 Å². The van der Waals surface area contributed by atoms with Gasteiger partial charge >= 0.3 is 0 Å². The Kier molecular flexibility index (Phi) is 8.53. The third kappa shape index (κ3) is 5.32. The molecule has 0 saturated carbocycles. The fourth-order valence-electron chi connectivity index (χ4n) is 3.80. The van der Waals surface area contributed by atoms with E-state index >= 15 is 0 Å². The van der Waals surface area contributed by atoms with E-state index in [1.165, 1.54) is 27.5 Å². The molecule has 1 N–H and O–H groups in total. The predicted octanol–water partition coefficient (Wildman–Crippen LogP) is 1.86. The molecule has 29 heavy (non-hydrogen) atoms. The van der Waals surface area contributed by atoms with E-state index in [0.29, 0.717) is 18.4 Å². The van der Waals surface area contributed by atoms with Gasteiger partial charge in [0, 0.05) is 36.4 Å². The van der Waals surface area contributed by atoms with Crippen LogP contribution in [0.1, 0.15) is 46.2 Å². The zero-order valence-electron chi connectivity index (χ0n) is 18.4. The highest BCUT2D eigenvalue weighted by molar-refractivity contribution is 6.08. The van der Waals surface area contributed by atoms with Crippen molar-refractivity contribution in [1.82, 2.24) is 4.57 Å². The SMILES string of the molecule is Cc1c2c(cc[n+]1CCO)c1ccc(OCCC(C)C)cc1n2CCC(C)C.[Br-]. The number of pyridine rings is 1. The van der Waals surface area contributed by atoms with Gasteiger partial charge in [0.05, 0.1) is 12.1 Å². The van der Waals surface area contributed by atoms with Gasteiger partial charge < -0.3 is 31.4 Å². The van der Waals surface area contributed by atoms with Gasteiger partial charge in [-0.3, -0.25) is 0 Å². The Balaban J connectivity index is 0.00000300. The summed E-state index contributed by atoms with van der Waals surface area (Å²) in [6.45, 7) is 13.7. The summed E-state index contributed by atoms with van der Waals surface area (Å²) >= 11 is 0. The van der Waals surface area contributed by atoms with Crippen molar-refractivity contribution in [1.29, 1.82) is 0 Å². The Morgan fingerprint density at radius 1 is 1.03 bits per heavy atom. The van der Waals surface area contributed by atoms with E-state index in [9.17, 15) is 5.11 Å². The summed E-state index contributed by atoms with van der Waals surface area (Å²) in [6.07, 6.45) is 4.29. The number of halogens is 1. The predicted molar refractivity (Wildman–Crippen MR) is 116 cm³/mol. The van der Waals surface area contributed by atoms with Crippen molar-refractivity contribution in [3.63, 3.8) is 0 Å². The number of benzene rings is 1. The van der Waals surface area contributed by atoms with Crippen LogP contribution in [0.2, 0.25) is 0 Å². The standard InChI is InChI=1S/C24H35N2O2.BrH/c1-17(2)8-12-26-23-16-20(28-15-10-18(3)4)6-7-21(23)22-9-11-25(13-14-27)19(5)24(22)26;/h6-7,9,11,16-18,27H,8,10,12-15H2,1-5H3;1H/q+1;/p-1. The van der Waals surface area contributed by atoms with Crippen LogP contribution in [-0.4, -0.2) is 22.9 Å². The van der Waals surface area contributed by atoms with Gasteiger partial charge in [-0.05, 0) is 36.8 Å². The summed E-state index contributed by atoms with van der Waals surface area (Å²) < 4.78 is 10.6. The van der Waals surface area contributed by atoms with Gasteiger partial charge in [-0.25, -0.2) is 0 Å². The molecule has 5 heteroatoms. The molecule has 0 aliphatic rings. The normalized spacial score (nSPS) is 11.6. The van der Waals surface area contributed by atoms with Crippen molar-refractivity contribution < 1.29 is 31.4 Å². The molecule has 0 aliphatic carbocycles. The number of aliphatic hydroxyl groups is 1. The van der Waals surface area contributed by atoms with Crippen molar-refractivity contribution in [2.75, 3.05) is 13.2 Å². The fraction of sp³-hybridized carbons (Fsp3) is 0.542. The topological polar surface area (TPSA) is 38.3 Å². The molecule has 0 bridgehead atoms. The number of nitrogens with zero attached hydrogens (tertiary/aromatic N) is 2. The molecule has 0 unspecified atom stereocenters. The molecular weight excluding hydrogens is 428 g/mol. The smallest absolute Gasteiger partial charge is 0.202 e. The second kappa shape index (κ2) is 10.4. The van der Waals surface area contributed by atoms with E-state index in [-0.39, 0.29) is 23.6 Å². The van der Waals surface area contributed by atoms with Gasteiger partial charge in [-0.15, -0.1) is 0 Å². The van der Waals surface area contributed by atoms with Gasteiger partial charge in [0.15, 0.2) is 12.7 Å². The number of aromatic nitrogens is 2. The molecule has 0 aliphatic heterocycles. The average Bonchev–Trinajstić information content (AvgIpc) is 2.96. The maximum Gasteiger partial charge on any atom is 0.202 e. The van der Waals surface area contributed by atoms with Gasteiger partial charge in [-0.2, -0.15) is 4.57 Å². The van der Waals surface area contributed by atoms with Crippen LogP contribution < -0.4 is 26.3 Å². The van der Waals surface area contributed by atoms with Crippen LogP contribution >= 0.6 is 0 Å². The lowest BCUT2D eigenvalue weighted by molar-refractivity contribution is -0.702. The zero-order valence-corrected chi connectivity index (χ0v) is 20.0. The van der Waals surface area contributed by atoms with Crippen LogP contribution in [-0.2, 0) is 13.1 Å². The van der Waals surface area contributed by atoms with Gasteiger partial charge in [0.2, 0.25) is 5.69 Å². The molecule has 1 aromatic carbocycles. The van der Waals surface area contributed by atoms with Gasteiger partial charge in [-0.1, -0.05) is 27.7 Å². The molecular formula is C24H35BrN2O2. The number of aryl methyl sites for hydroxylation is 2. The fourth-order valence-corrected chi connectivity index (χ4v) is 3.80. The third-order valence-electron chi connectivity index (χ3n) is 5.50. The molecule has 0 saturated heterocycles. The van der Waals surface area contributed by atoms with E-state index in [4.69, 9.17) is 4.74 Å². The number of fused-ring (bicyclic) bond motifs is 3. The molecule has 3 aromatic rings. The Morgan fingerprint density at radius 2 is 1.76 bits per heavy atom. The van der Waals surface area contributed by atoms with Crippen LogP contribution in [0.3, 0.4) is 0 Å². The Hall–Kier alpha value is -1.59. The number of ether oxygens (including phenoxy) is 1. The Morgan fingerprint density at radius 3 is 2.41 bits per heavy atom. The lowest BCUT2D eigenvalue weighted by atomic mass is 10.1. The molecule has 2 aromatic heterocycles. The van der Waals surface area contributed by atoms with Crippen molar-refractivity contribution in [3.05, 3.63) is 36.2 Å². The van der Waals surface area contributed by atoms with E-state index in [1.807, 2.05) is 0 Å². The minimum atomic E-state index is 0. The summed E-state index contributed by atoms with van der Waals surface area (Å²) in [4.78, 5) is 0. The highest BCUT2D eigenvalue weighted by Gasteiger charge is 2.19. The maximum absolute atomic E-state index is 9.42. The quantitative estimate of drug-likeness (QED) is 0.492. The lowest BCUT2D eigenvalue weighted by Crippen LogP contribution is -3.00. The third-order valence-corrected chi connectivity index (χ3v) is 5.50. The first-order valence-electron chi connectivity index (χ1n) is 10.6. The molecule has 160 valence electrons. The van der Waals surface area contributed by atoms with Crippen LogP contribution in [0.25, 0.3) is 21.8 Å². The van der Waals surface area contributed by atoms with Gasteiger partial charge in [0.1, 0.15) is 17.9 Å².